The van der Waals surface area contributed by atoms with E-state index in [1.165, 1.54) is 52.7 Å². The zero-order valence-corrected chi connectivity index (χ0v) is 19.5. The van der Waals surface area contributed by atoms with E-state index in [1.807, 2.05) is 0 Å². The van der Waals surface area contributed by atoms with Crippen LogP contribution >= 0.6 is 23.1 Å². The Bertz CT molecular complexity index is 1250. The van der Waals surface area contributed by atoms with Crippen molar-refractivity contribution in [2.75, 3.05) is 26.5 Å². The van der Waals surface area contributed by atoms with Crippen LogP contribution in [0.25, 0.3) is 10.2 Å². The lowest BCUT2D eigenvalue weighted by Crippen LogP contribution is -2.22. The van der Waals surface area contributed by atoms with Crippen LogP contribution in [-0.2, 0) is 29.9 Å². The Morgan fingerprint density at radius 2 is 1.97 bits per heavy atom. The van der Waals surface area contributed by atoms with Gasteiger partial charge in [0.2, 0.25) is 10.0 Å². The summed E-state index contributed by atoms with van der Waals surface area (Å²) < 4.78 is 32.7. The number of benzene rings is 1. The van der Waals surface area contributed by atoms with E-state index in [2.05, 4.69) is 0 Å². The zero-order chi connectivity index (χ0) is 21.5. The van der Waals surface area contributed by atoms with Gasteiger partial charge in [0.05, 0.1) is 16.9 Å². The fourth-order valence-electron chi connectivity index (χ4n) is 3.45. The van der Waals surface area contributed by atoms with Crippen LogP contribution < -0.4 is 10.3 Å². The van der Waals surface area contributed by atoms with Crippen LogP contribution in [0.3, 0.4) is 0 Å². The van der Waals surface area contributed by atoms with E-state index in [4.69, 9.17) is 9.72 Å². The lowest BCUT2D eigenvalue weighted by atomic mass is 10.2. The van der Waals surface area contributed by atoms with Gasteiger partial charge in [0.1, 0.15) is 10.6 Å². The number of hydrogen-bond acceptors (Lipinski definition) is 7. The van der Waals surface area contributed by atoms with E-state index in [0.717, 1.165) is 29.5 Å². The summed E-state index contributed by atoms with van der Waals surface area (Å²) in [4.78, 5) is 19.9. The fourth-order valence-corrected chi connectivity index (χ4v) is 6.44. The van der Waals surface area contributed by atoms with Gasteiger partial charge in [-0.25, -0.2) is 17.7 Å². The molecule has 0 fully saturated rings. The third kappa shape index (κ3) is 3.89. The second-order valence-electron chi connectivity index (χ2n) is 7.25. The van der Waals surface area contributed by atoms with Crippen molar-refractivity contribution < 1.29 is 13.2 Å². The number of nitrogens with zero attached hydrogens (tertiary/aromatic N) is 3. The van der Waals surface area contributed by atoms with Crippen molar-refractivity contribution in [2.45, 2.75) is 29.3 Å². The molecule has 1 aromatic carbocycles. The Balaban J connectivity index is 1.40. The van der Waals surface area contributed by atoms with Crippen LogP contribution in [0.1, 0.15) is 16.9 Å². The summed E-state index contributed by atoms with van der Waals surface area (Å²) in [7, 11) is 1.32. The van der Waals surface area contributed by atoms with Gasteiger partial charge in [-0.3, -0.25) is 9.36 Å². The first-order chi connectivity index (χ1) is 14.3. The molecule has 1 aliphatic carbocycles. The average Bonchev–Trinajstić information content (AvgIpc) is 3.30. The SMILES string of the molecule is CN(C)S(=O)(=O)c1ccc(OCCSc2nc3sc4c(c3c(=O)n2C)CCC4)cc1. The average molecular weight is 466 g/mol. The highest BCUT2D eigenvalue weighted by atomic mass is 32.2. The Morgan fingerprint density at radius 3 is 2.67 bits per heavy atom. The summed E-state index contributed by atoms with van der Waals surface area (Å²) in [6.07, 6.45) is 3.14. The number of thiophene rings is 1. The number of aromatic nitrogens is 2. The minimum atomic E-state index is -3.45. The molecule has 0 saturated heterocycles. The van der Waals surface area contributed by atoms with E-state index in [0.29, 0.717) is 23.3 Å². The first kappa shape index (κ1) is 21.4. The zero-order valence-electron chi connectivity index (χ0n) is 17.0. The minimum Gasteiger partial charge on any atom is -0.493 e. The number of hydrogen-bond donors (Lipinski definition) is 0. The van der Waals surface area contributed by atoms with Crippen molar-refractivity contribution in [1.29, 1.82) is 0 Å². The highest BCUT2D eigenvalue weighted by molar-refractivity contribution is 7.99. The summed E-state index contributed by atoms with van der Waals surface area (Å²) in [6.45, 7) is 0.416. The molecule has 160 valence electrons. The molecule has 0 saturated carbocycles. The minimum absolute atomic E-state index is 0.0282. The summed E-state index contributed by atoms with van der Waals surface area (Å²) in [5, 5.41) is 1.48. The maximum absolute atomic E-state index is 12.8. The van der Waals surface area contributed by atoms with E-state index < -0.39 is 10.0 Å². The largest absolute Gasteiger partial charge is 0.493 e. The Morgan fingerprint density at radius 1 is 1.23 bits per heavy atom. The molecular weight excluding hydrogens is 442 g/mol. The Hall–Kier alpha value is -1.88. The molecule has 0 atom stereocenters. The van der Waals surface area contributed by atoms with Gasteiger partial charge in [-0.05, 0) is 49.1 Å². The fraction of sp³-hybridized carbons (Fsp3) is 0.400. The smallest absolute Gasteiger partial charge is 0.262 e. The Kier molecular flexibility index (Phi) is 5.93. The normalized spacial score (nSPS) is 13.9. The summed E-state index contributed by atoms with van der Waals surface area (Å²) in [6, 6.07) is 6.36. The summed E-state index contributed by atoms with van der Waals surface area (Å²) in [5.41, 5.74) is 1.23. The van der Waals surface area contributed by atoms with Crippen molar-refractivity contribution >= 4 is 43.3 Å². The standard InChI is InChI=1S/C20H23N3O4S3/c1-22(2)30(25,26)14-9-7-13(8-10-14)27-11-12-28-20-21-18-17(19(24)23(20)3)15-5-4-6-16(15)29-18/h7-10H,4-6,11-12H2,1-3H3. The lowest BCUT2D eigenvalue weighted by Gasteiger charge is -2.12. The molecule has 3 aromatic rings. The second kappa shape index (κ2) is 8.33. The third-order valence-electron chi connectivity index (χ3n) is 5.09. The summed E-state index contributed by atoms with van der Waals surface area (Å²) in [5.74, 6) is 1.22. The molecule has 0 amide bonds. The van der Waals surface area contributed by atoms with Gasteiger partial charge in [-0.1, -0.05) is 11.8 Å². The van der Waals surface area contributed by atoms with Crippen LogP contribution in [-0.4, -0.2) is 48.7 Å². The lowest BCUT2D eigenvalue weighted by molar-refractivity contribution is 0.343. The highest BCUT2D eigenvalue weighted by Gasteiger charge is 2.22. The molecule has 7 nitrogen and oxygen atoms in total. The monoisotopic (exact) mass is 465 g/mol. The van der Waals surface area contributed by atoms with E-state index in [-0.39, 0.29) is 10.5 Å². The van der Waals surface area contributed by atoms with Gasteiger partial charge >= 0.3 is 0 Å². The van der Waals surface area contributed by atoms with Crippen molar-refractivity contribution in [1.82, 2.24) is 13.9 Å². The maximum Gasteiger partial charge on any atom is 0.262 e. The Labute approximate surface area is 183 Å². The number of fused-ring (bicyclic) bond motifs is 3. The molecule has 0 aliphatic heterocycles. The van der Waals surface area contributed by atoms with E-state index in [9.17, 15) is 13.2 Å². The van der Waals surface area contributed by atoms with Gasteiger partial charge in [-0.2, -0.15) is 0 Å². The van der Waals surface area contributed by atoms with Crippen molar-refractivity contribution in [2.24, 2.45) is 7.05 Å². The van der Waals surface area contributed by atoms with Crippen LogP contribution in [0.2, 0.25) is 0 Å². The number of aryl methyl sites for hydroxylation is 2. The number of thioether (sulfide) groups is 1. The molecule has 0 spiro atoms. The molecule has 2 aromatic heterocycles. The van der Waals surface area contributed by atoms with Crippen molar-refractivity contribution in [3.63, 3.8) is 0 Å². The molecule has 0 N–H and O–H groups in total. The maximum atomic E-state index is 12.8. The second-order valence-corrected chi connectivity index (χ2v) is 11.5. The number of ether oxygens (including phenoxy) is 1. The van der Waals surface area contributed by atoms with Crippen LogP contribution in [0.5, 0.6) is 5.75 Å². The molecule has 10 heteroatoms. The molecule has 30 heavy (non-hydrogen) atoms. The van der Waals surface area contributed by atoms with Gasteiger partial charge in [0, 0.05) is 31.8 Å². The van der Waals surface area contributed by atoms with Crippen molar-refractivity contribution in [3.05, 3.63) is 45.1 Å². The van der Waals surface area contributed by atoms with Gasteiger partial charge in [-0.15, -0.1) is 11.3 Å². The summed E-state index contributed by atoms with van der Waals surface area (Å²) >= 11 is 3.12. The predicted octanol–water partition coefficient (Wildman–Crippen LogP) is 2.91. The van der Waals surface area contributed by atoms with Crippen LogP contribution in [0, 0.1) is 0 Å². The molecule has 4 rings (SSSR count). The van der Waals surface area contributed by atoms with Crippen LogP contribution in [0.15, 0.2) is 39.1 Å². The van der Waals surface area contributed by atoms with Crippen molar-refractivity contribution in [3.8, 4) is 5.75 Å². The molecular formula is C20H23N3O4S3. The van der Waals surface area contributed by atoms with E-state index in [1.54, 1.807) is 35.1 Å². The number of rotatable bonds is 7. The first-order valence-corrected chi connectivity index (χ1v) is 12.8. The quantitative estimate of drug-likeness (QED) is 0.303. The van der Waals surface area contributed by atoms with Gasteiger partial charge < -0.3 is 4.74 Å². The van der Waals surface area contributed by atoms with E-state index >= 15 is 0 Å². The molecule has 0 bridgehead atoms. The third-order valence-corrected chi connectivity index (χ3v) is 9.10. The van der Waals surface area contributed by atoms with Gasteiger partial charge in [0.15, 0.2) is 5.16 Å². The first-order valence-electron chi connectivity index (χ1n) is 9.58. The van der Waals surface area contributed by atoms with Crippen LogP contribution in [0.4, 0.5) is 0 Å². The van der Waals surface area contributed by atoms with Gasteiger partial charge in [0.25, 0.3) is 5.56 Å². The number of sulfonamides is 1. The molecule has 2 heterocycles. The highest BCUT2D eigenvalue weighted by Crippen LogP contribution is 2.35. The molecule has 0 radical (unpaired) electrons. The molecule has 0 unspecified atom stereocenters. The topological polar surface area (TPSA) is 81.5 Å². The molecule has 1 aliphatic rings. The predicted molar refractivity (Wildman–Crippen MR) is 120 cm³/mol.